The molecule has 0 saturated carbocycles. The van der Waals surface area contributed by atoms with E-state index < -0.39 is 27.5 Å². The molecule has 1 N–H and O–H groups in total. The van der Waals surface area contributed by atoms with Gasteiger partial charge in [0.05, 0.1) is 28.8 Å². The molecule has 5 rings (SSSR count). The Morgan fingerprint density at radius 1 is 0.897 bits per heavy atom. The van der Waals surface area contributed by atoms with E-state index in [-0.39, 0.29) is 17.0 Å². The lowest BCUT2D eigenvalue weighted by Gasteiger charge is -2.10. The highest BCUT2D eigenvalue weighted by Gasteiger charge is 2.30. The van der Waals surface area contributed by atoms with Crippen molar-refractivity contribution in [3.8, 4) is 22.4 Å². The summed E-state index contributed by atoms with van der Waals surface area (Å²) in [6.07, 6.45) is 0.310. The van der Waals surface area contributed by atoms with Crippen LogP contribution in [-0.4, -0.2) is 30.0 Å². The first-order valence-electron chi connectivity index (χ1n) is 11.8. The number of fused-ring (bicyclic) bond motifs is 1. The third kappa shape index (κ3) is 5.85. The van der Waals surface area contributed by atoms with Crippen molar-refractivity contribution in [1.82, 2.24) is 9.38 Å². The van der Waals surface area contributed by atoms with Crippen LogP contribution in [0.4, 0.5) is 18.9 Å². The Bertz CT molecular complexity index is 1780. The number of imidazole rings is 1. The van der Waals surface area contributed by atoms with Gasteiger partial charge in [-0.05, 0) is 59.2 Å². The molecule has 0 bridgehead atoms. The fourth-order valence-corrected chi connectivity index (χ4v) is 4.86. The lowest BCUT2D eigenvalue weighted by molar-refractivity contribution is -0.137. The number of benzene rings is 3. The predicted octanol–water partition coefficient (Wildman–Crippen LogP) is 6.27. The van der Waals surface area contributed by atoms with Crippen LogP contribution in [0.1, 0.15) is 11.1 Å². The number of aromatic nitrogens is 2. The summed E-state index contributed by atoms with van der Waals surface area (Å²) >= 11 is 0. The summed E-state index contributed by atoms with van der Waals surface area (Å²) in [7, 11) is -3.27. The van der Waals surface area contributed by atoms with Crippen LogP contribution in [0.15, 0.2) is 102 Å². The van der Waals surface area contributed by atoms with Crippen LogP contribution in [0.25, 0.3) is 28.0 Å². The van der Waals surface area contributed by atoms with E-state index in [1.807, 2.05) is 34.9 Å². The Morgan fingerprint density at radius 2 is 1.59 bits per heavy atom. The van der Waals surface area contributed by atoms with Crippen molar-refractivity contribution in [3.05, 3.63) is 108 Å². The van der Waals surface area contributed by atoms with Crippen LogP contribution >= 0.6 is 0 Å². The van der Waals surface area contributed by atoms with Crippen LogP contribution in [0.2, 0.25) is 0 Å². The number of anilines is 1. The number of sulfone groups is 1. The first kappa shape index (κ1) is 26.2. The summed E-state index contributed by atoms with van der Waals surface area (Å²) < 4.78 is 64.1. The molecule has 10 heteroatoms. The van der Waals surface area contributed by atoms with Gasteiger partial charge in [0.2, 0.25) is 5.91 Å². The molecule has 0 fully saturated rings. The Kier molecular flexibility index (Phi) is 6.73. The molecule has 198 valence electrons. The number of nitrogens with one attached hydrogen (secondary N) is 1. The van der Waals surface area contributed by atoms with Crippen LogP contribution in [0.3, 0.4) is 0 Å². The third-order valence-corrected chi connectivity index (χ3v) is 7.35. The van der Waals surface area contributed by atoms with Crippen molar-refractivity contribution < 1.29 is 26.4 Å². The number of rotatable bonds is 6. The minimum atomic E-state index is -4.48. The standard InChI is InChI=1S/C29H22F3N3O3S/c1-39(37,38)25-11-9-20(10-12-25)22-13-14-35-26(18-33-27(35)16-22)21-7-5-19(6-8-21)15-28(36)34-24-4-2-3-23(17-24)29(30,31)32/h2-14,16-18H,15H2,1H3,(H,34,36). The molecule has 2 aromatic heterocycles. The van der Waals surface area contributed by atoms with Gasteiger partial charge in [0.1, 0.15) is 5.65 Å². The average molecular weight is 550 g/mol. The number of carbonyl (C=O) groups excluding carboxylic acids is 1. The SMILES string of the molecule is CS(=O)(=O)c1ccc(-c2ccn3c(-c4ccc(CC(=O)Nc5cccc(C(F)(F)F)c5)cc4)cnc3c2)cc1. The van der Waals surface area contributed by atoms with Gasteiger partial charge in [0.15, 0.2) is 9.84 Å². The summed E-state index contributed by atoms with van der Waals surface area (Å²) in [6, 6.07) is 22.3. The Labute approximate surface area is 222 Å². The quantitative estimate of drug-likeness (QED) is 0.271. The van der Waals surface area contributed by atoms with Gasteiger partial charge < -0.3 is 5.32 Å². The number of hydrogen-bond acceptors (Lipinski definition) is 4. The zero-order valence-corrected chi connectivity index (χ0v) is 21.4. The van der Waals surface area contributed by atoms with Gasteiger partial charge in [-0.2, -0.15) is 13.2 Å². The first-order valence-corrected chi connectivity index (χ1v) is 13.7. The lowest BCUT2D eigenvalue weighted by Crippen LogP contribution is -2.15. The molecular formula is C29H22F3N3O3S. The van der Waals surface area contributed by atoms with Crippen LogP contribution < -0.4 is 5.32 Å². The third-order valence-electron chi connectivity index (χ3n) is 6.22. The highest BCUT2D eigenvalue weighted by molar-refractivity contribution is 7.90. The summed E-state index contributed by atoms with van der Waals surface area (Å²) in [4.78, 5) is 17.2. The molecule has 0 aliphatic rings. The zero-order chi connectivity index (χ0) is 27.8. The fourth-order valence-electron chi connectivity index (χ4n) is 4.23. The molecule has 39 heavy (non-hydrogen) atoms. The summed E-state index contributed by atoms with van der Waals surface area (Å²) in [5, 5.41) is 2.52. The number of alkyl halides is 3. The van der Waals surface area contributed by atoms with E-state index in [1.54, 1.807) is 42.6 Å². The Hall–Kier alpha value is -4.44. The van der Waals surface area contributed by atoms with Gasteiger partial charge in [0.25, 0.3) is 0 Å². The van der Waals surface area contributed by atoms with E-state index in [0.717, 1.165) is 34.5 Å². The van der Waals surface area contributed by atoms with Gasteiger partial charge >= 0.3 is 6.18 Å². The van der Waals surface area contributed by atoms with Crippen molar-refractivity contribution in [1.29, 1.82) is 0 Å². The van der Waals surface area contributed by atoms with E-state index >= 15 is 0 Å². The second-order valence-corrected chi connectivity index (χ2v) is 11.1. The highest BCUT2D eigenvalue weighted by Crippen LogP contribution is 2.31. The van der Waals surface area contributed by atoms with E-state index in [1.165, 1.54) is 18.4 Å². The first-order chi connectivity index (χ1) is 18.5. The van der Waals surface area contributed by atoms with Crippen LogP contribution in [0, 0.1) is 0 Å². The molecule has 0 unspecified atom stereocenters. The summed E-state index contributed by atoms with van der Waals surface area (Å²) in [5.41, 5.74) is 4.14. The topological polar surface area (TPSA) is 80.5 Å². The molecule has 0 spiro atoms. The lowest BCUT2D eigenvalue weighted by atomic mass is 10.1. The number of pyridine rings is 1. The molecule has 3 aromatic carbocycles. The Morgan fingerprint density at radius 3 is 2.26 bits per heavy atom. The van der Waals surface area contributed by atoms with Crippen molar-refractivity contribution in [2.75, 3.05) is 11.6 Å². The number of amides is 1. The molecule has 0 radical (unpaired) electrons. The Balaban J connectivity index is 1.30. The minimum Gasteiger partial charge on any atom is -0.326 e. The monoisotopic (exact) mass is 549 g/mol. The fraction of sp³-hybridized carbons (Fsp3) is 0.103. The maximum atomic E-state index is 12.9. The summed E-state index contributed by atoms with van der Waals surface area (Å²) in [6.45, 7) is 0. The minimum absolute atomic E-state index is 0.00512. The molecule has 0 aliphatic carbocycles. The van der Waals surface area contributed by atoms with Crippen molar-refractivity contribution in [2.45, 2.75) is 17.5 Å². The highest BCUT2D eigenvalue weighted by atomic mass is 32.2. The summed E-state index contributed by atoms with van der Waals surface area (Å²) in [5.74, 6) is -0.422. The van der Waals surface area contributed by atoms with Crippen molar-refractivity contribution in [2.24, 2.45) is 0 Å². The normalized spacial score (nSPS) is 12.0. The van der Waals surface area contributed by atoms with E-state index in [2.05, 4.69) is 10.3 Å². The van der Waals surface area contributed by atoms with Gasteiger partial charge in [-0.15, -0.1) is 0 Å². The van der Waals surface area contributed by atoms with Gasteiger partial charge in [-0.1, -0.05) is 42.5 Å². The maximum Gasteiger partial charge on any atom is 0.416 e. The number of halogens is 3. The molecule has 0 atom stereocenters. The second-order valence-electron chi connectivity index (χ2n) is 9.08. The largest absolute Gasteiger partial charge is 0.416 e. The number of carbonyl (C=O) groups is 1. The predicted molar refractivity (Wildman–Crippen MR) is 143 cm³/mol. The van der Waals surface area contributed by atoms with Crippen LogP contribution in [-0.2, 0) is 27.2 Å². The van der Waals surface area contributed by atoms with E-state index in [9.17, 15) is 26.4 Å². The van der Waals surface area contributed by atoms with Crippen molar-refractivity contribution in [3.63, 3.8) is 0 Å². The van der Waals surface area contributed by atoms with Gasteiger partial charge in [0, 0.05) is 23.7 Å². The zero-order valence-electron chi connectivity index (χ0n) is 20.6. The molecule has 1 amide bonds. The smallest absolute Gasteiger partial charge is 0.326 e. The van der Waals surface area contributed by atoms with Gasteiger partial charge in [-0.25, -0.2) is 13.4 Å². The molecular weight excluding hydrogens is 527 g/mol. The van der Waals surface area contributed by atoms with Gasteiger partial charge in [-0.3, -0.25) is 9.20 Å². The van der Waals surface area contributed by atoms with Crippen LogP contribution in [0.5, 0.6) is 0 Å². The van der Waals surface area contributed by atoms with E-state index in [4.69, 9.17) is 0 Å². The maximum absolute atomic E-state index is 12.9. The molecule has 0 aliphatic heterocycles. The molecule has 0 saturated heterocycles. The number of nitrogens with zero attached hydrogens (tertiary/aromatic N) is 2. The number of hydrogen-bond donors (Lipinski definition) is 1. The average Bonchev–Trinajstić information content (AvgIpc) is 3.32. The molecule has 2 heterocycles. The second kappa shape index (κ2) is 10.0. The molecule has 5 aromatic rings. The molecule has 6 nitrogen and oxygen atoms in total. The van der Waals surface area contributed by atoms with E-state index in [0.29, 0.717) is 11.2 Å². The van der Waals surface area contributed by atoms with Crippen molar-refractivity contribution >= 4 is 27.1 Å².